The second-order valence-electron chi connectivity index (χ2n) is 13.0. The lowest BCUT2D eigenvalue weighted by atomic mass is 10.2. The first-order chi connectivity index (χ1) is 26.0. The molecule has 0 atom stereocenters. The third-order valence-corrected chi connectivity index (χ3v) is 8.21. The van der Waals surface area contributed by atoms with E-state index in [1.54, 1.807) is 0 Å². The Balaban J connectivity index is 0.000000634. The molecule has 0 aliphatic rings. The second-order valence-corrected chi connectivity index (χ2v) is 13.0. The van der Waals surface area contributed by atoms with Crippen LogP contribution in [-0.4, -0.2) is 29.9 Å². The number of aromatic nitrogens is 6. The summed E-state index contributed by atoms with van der Waals surface area (Å²) in [6, 6.07) is 22.8. The summed E-state index contributed by atoms with van der Waals surface area (Å²) < 4.78 is 0. The molecule has 6 rings (SSSR count). The zero-order valence-corrected chi connectivity index (χ0v) is 35.3. The zero-order chi connectivity index (χ0) is 40.1. The molecule has 0 aliphatic carbocycles. The van der Waals surface area contributed by atoms with Gasteiger partial charge in [-0.3, -0.25) is 29.9 Å². The second kappa shape index (κ2) is 30.3. The summed E-state index contributed by atoms with van der Waals surface area (Å²) in [5, 5.41) is 0. The standard InChI is InChI=1S/6C8H11N.CH4/c1-3-8-4-7(2)5-9-6-8;1-3-8-4-5-9-7(2)6-8;1-3-8-5-4-7(2)9-6-8;1-3-8-6-7(2)4-5-9-8;1-3-8-5-4-7(2)6-9-8;1-3-8-7(2)5-4-6-9-8;/h6*4-6H,3H2,1-2H3;1H4. The van der Waals surface area contributed by atoms with Crippen LogP contribution in [0.25, 0.3) is 0 Å². The summed E-state index contributed by atoms with van der Waals surface area (Å²) in [7, 11) is 0. The summed E-state index contributed by atoms with van der Waals surface area (Å²) in [4.78, 5) is 24.8. The van der Waals surface area contributed by atoms with Crippen LogP contribution >= 0.6 is 0 Å². The van der Waals surface area contributed by atoms with Gasteiger partial charge in [0.1, 0.15) is 0 Å². The molecule has 6 heterocycles. The van der Waals surface area contributed by atoms with Gasteiger partial charge in [0.25, 0.3) is 0 Å². The monoisotopic (exact) mass is 743 g/mol. The van der Waals surface area contributed by atoms with Crippen LogP contribution in [0.3, 0.4) is 0 Å². The topological polar surface area (TPSA) is 77.3 Å². The van der Waals surface area contributed by atoms with Crippen LogP contribution in [0.5, 0.6) is 0 Å². The lowest BCUT2D eigenvalue weighted by molar-refractivity contribution is 1.01. The van der Waals surface area contributed by atoms with E-state index in [1.807, 2.05) is 88.4 Å². The molecular weight excluding hydrogens is 673 g/mol. The molecule has 6 aromatic heterocycles. The van der Waals surface area contributed by atoms with E-state index in [0.29, 0.717) is 0 Å². The number of hydrogen-bond donors (Lipinski definition) is 0. The maximum absolute atomic E-state index is 4.20. The average Bonchev–Trinajstić information content (AvgIpc) is 3.20. The van der Waals surface area contributed by atoms with E-state index in [9.17, 15) is 0 Å². The van der Waals surface area contributed by atoms with Gasteiger partial charge in [0.15, 0.2) is 0 Å². The number of hydrogen-bond acceptors (Lipinski definition) is 6. The molecule has 0 bridgehead atoms. The summed E-state index contributed by atoms with van der Waals surface area (Å²) in [6.07, 6.45) is 19.5. The average molecular weight is 743 g/mol. The van der Waals surface area contributed by atoms with E-state index >= 15 is 0 Å². The molecule has 55 heavy (non-hydrogen) atoms. The SMILES string of the molecule is C.CCc1cc(C)ccn1.CCc1ccc(C)cn1.CCc1ccc(C)nc1.CCc1ccnc(C)c1.CCc1cncc(C)c1.CCc1ncccc1C. The Hall–Kier alpha value is -5.10. The largest absolute Gasteiger partial charge is 0.264 e. The van der Waals surface area contributed by atoms with Crippen LogP contribution in [0.2, 0.25) is 0 Å². The maximum atomic E-state index is 4.20. The van der Waals surface area contributed by atoms with Crippen molar-refractivity contribution < 1.29 is 0 Å². The van der Waals surface area contributed by atoms with E-state index in [0.717, 1.165) is 49.9 Å². The van der Waals surface area contributed by atoms with Crippen molar-refractivity contribution in [1.82, 2.24) is 29.9 Å². The van der Waals surface area contributed by atoms with E-state index in [2.05, 4.69) is 135 Å². The van der Waals surface area contributed by atoms with E-state index in [-0.39, 0.29) is 7.43 Å². The molecule has 296 valence electrons. The quantitative estimate of drug-likeness (QED) is 0.169. The molecule has 0 saturated heterocycles. The van der Waals surface area contributed by atoms with Gasteiger partial charge in [-0.05, 0) is 161 Å². The smallest absolute Gasteiger partial charge is 0.0429 e. The van der Waals surface area contributed by atoms with Crippen molar-refractivity contribution in [2.45, 2.75) is 129 Å². The third kappa shape index (κ3) is 23.3. The Morgan fingerprint density at radius 1 is 0.400 bits per heavy atom. The van der Waals surface area contributed by atoms with Gasteiger partial charge in [0.05, 0.1) is 0 Å². The van der Waals surface area contributed by atoms with Crippen molar-refractivity contribution in [2.75, 3.05) is 0 Å². The summed E-state index contributed by atoms with van der Waals surface area (Å²) in [5.41, 5.74) is 14.8. The minimum Gasteiger partial charge on any atom is -0.264 e. The highest BCUT2D eigenvalue weighted by Gasteiger charge is 1.92. The normalized spacial score (nSPS) is 9.38. The van der Waals surface area contributed by atoms with Crippen molar-refractivity contribution in [3.05, 3.63) is 178 Å². The highest BCUT2D eigenvalue weighted by molar-refractivity contribution is 5.18. The highest BCUT2D eigenvalue weighted by Crippen LogP contribution is 2.04. The van der Waals surface area contributed by atoms with Crippen molar-refractivity contribution in [3.63, 3.8) is 0 Å². The van der Waals surface area contributed by atoms with Gasteiger partial charge in [0, 0.05) is 71.8 Å². The first-order valence-electron chi connectivity index (χ1n) is 19.4. The zero-order valence-electron chi connectivity index (χ0n) is 35.3. The molecule has 0 fully saturated rings. The lowest BCUT2D eigenvalue weighted by Crippen LogP contribution is -1.88. The summed E-state index contributed by atoms with van der Waals surface area (Å²) in [5.74, 6) is 0. The van der Waals surface area contributed by atoms with Gasteiger partial charge in [0.2, 0.25) is 0 Å². The predicted molar refractivity (Wildman–Crippen MR) is 237 cm³/mol. The molecular formula is C49H70N6. The highest BCUT2D eigenvalue weighted by atomic mass is 14.7. The summed E-state index contributed by atoms with van der Waals surface area (Å²) >= 11 is 0. The fourth-order valence-electron chi connectivity index (χ4n) is 4.73. The van der Waals surface area contributed by atoms with E-state index < -0.39 is 0 Å². The van der Waals surface area contributed by atoms with Crippen LogP contribution < -0.4 is 0 Å². The Morgan fingerprint density at radius 3 is 1.53 bits per heavy atom. The number of pyridine rings is 6. The molecule has 6 nitrogen and oxygen atoms in total. The van der Waals surface area contributed by atoms with Gasteiger partial charge in [-0.1, -0.05) is 73.2 Å². The molecule has 0 N–H and O–H groups in total. The Morgan fingerprint density at radius 2 is 1.09 bits per heavy atom. The predicted octanol–water partition coefficient (Wildman–Crippen LogP) is 12.4. The van der Waals surface area contributed by atoms with Crippen molar-refractivity contribution in [3.8, 4) is 0 Å². The third-order valence-electron chi connectivity index (χ3n) is 8.21. The van der Waals surface area contributed by atoms with Crippen LogP contribution in [-0.2, 0) is 38.5 Å². The fourth-order valence-corrected chi connectivity index (χ4v) is 4.73. The van der Waals surface area contributed by atoms with Gasteiger partial charge in [-0.25, -0.2) is 0 Å². The molecule has 0 radical (unpaired) electrons. The molecule has 0 spiro atoms. The van der Waals surface area contributed by atoms with Crippen LogP contribution in [0.4, 0.5) is 0 Å². The number of rotatable bonds is 6. The Bertz CT molecular complexity index is 1680. The molecule has 0 aliphatic heterocycles. The van der Waals surface area contributed by atoms with Crippen LogP contribution in [0.15, 0.2) is 110 Å². The van der Waals surface area contributed by atoms with Gasteiger partial charge < -0.3 is 0 Å². The van der Waals surface area contributed by atoms with Crippen molar-refractivity contribution in [2.24, 2.45) is 0 Å². The van der Waals surface area contributed by atoms with Gasteiger partial charge in [-0.15, -0.1) is 0 Å². The first-order valence-corrected chi connectivity index (χ1v) is 19.4. The van der Waals surface area contributed by atoms with E-state index in [1.165, 1.54) is 56.0 Å². The van der Waals surface area contributed by atoms with Gasteiger partial charge >= 0.3 is 0 Å². The molecule has 6 heteroatoms. The molecule has 0 aromatic carbocycles. The van der Waals surface area contributed by atoms with E-state index in [4.69, 9.17) is 0 Å². The maximum Gasteiger partial charge on any atom is 0.0429 e. The van der Waals surface area contributed by atoms with Gasteiger partial charge in [-0.2, -0.15) is 0 Å². The number of aryl methyl sites for hydroxylation is 12. The lowest BCUT2D eigenvalue weighted by Gasteiger charge is -1.97. The Kier molecular flexibility index (Phi) is 27.4. The van der Waals surface area contributed by atoms with Crippen molar-refractivity contribution >= 4 is 0 Å². The Labute approximate surface area is 335 Å². The van der Waals surface area contributed by atoms with Crippen LogP contribution in [0, 0.1) is 41.5 Å². The minimum absolute atomic E-state index is 0. The number of nitrogens with zero attached hydrogens (tertiary/aromatic N) is 6. The molecule has 6 aromatic rings. The fraction of sp³-hybridized carbons (Fsp3) is 0.388. The first kappa shape index (κ1) is 49.9. The van der Waals surface area contributed by atoms with Crippen molar-refractivity contribution in [1.29, 1.82) is 0 Å². The van der Waals surface area contributed by atoms with Crippen LogP contribution in [0.1, 0.15) is 116 Å². The molecule has 0 unspecified atom stereocenters. The summed E-state index contributed by atoms with van der Waals surface area (Å²) in [6.45, 7) is 25.1. The molecule has 0 amide bonds. The molecule has 0 saturated carbocycles. The minimum atomic E-state index is 0.